The summed E-state index contributed by atoms with van der Waals surface area (Å²) >= 11 is 5.83. The minimum atomic E-state index is -4.51. The molecule has 3 N–H and O–H groups in total. The van der Waals surface area contributed by atoms with E-state index >= 15 is 0 Å². The Morgan fingerprint density at radius 3 is 2.62 bits per heavy atom. The Balaban J connectivity index is 2.22. The molecule has 0 atom stereocenters. The van der Waals surface area contributed by atoms with Crippen molar-refractivity contribution in [3.63, 3.8) is 0 Å². The summed E-state index contributed by atoms with van der Waals surface area (Å²) in [5.41, 5.74) is 6.70. The molecule has 4 nitrogen and oxygen atoms in total. The van der Waals surface area contributed by atoms with Crippen LogP contribution < -0.4 is 15.8 Å². The van der Waals surface area contributed by atoms with Gasteiger partial charge in [-0.05, 0) is 35.9 Å². The largest absolute Gasteiger partial charge is 0.483 e. The van der Waals surface area contributed by atoms with Crippen molar-refractivity contribution >= 4 is 23.2 Å². The predicted molar refractivity (Wildman–Crippen MR) is 85.3 cm³/mol. The van der Waals surface area contributed by atoms with Gasteiger partial charge < -0.3 is 15.8 Å². The fourth-order valence-electron chi connectivity index (χ4n) is 1.94. The van der Waals surface area contributed by atoms with Gasteiger partial charge in [0.15, 0.2) is 6.61 Å². The molecule has 0 spiro atoms. The number of carbonyl (C=O) groups is 1. The van der Waals surface area contributed by atoms with Gasteiger partial charge in [-0.2, -0.15) is 13.2 Å². The van der Waals surface area contributed by atoms with Gasteiger partial charge in [0.2, 0.25) is 0 Å². The Morgan fingerprint density at radius 2 is 1.96 bits per heavy atom. The molecule has 2 aromatic rings. The van der Waals surface area contributed by atoms with E-state index in [1.807, 2.05) is 0 Å². The molecule has 0 bridgehead atoms. The van der Waals surface area contributed by atoms with Gasteiger partial charge >= 0.3 is 6.18 Å². The Kier molecular flexibility index (Phi) is 5.69. The molecule has 2 rings (SSSR count). The second-order valence-electron chi connectivity index (χ2n) is 4.90. The zero-order valence-corrected chi connectivity index (χ0v) is 13.1. The molecule has 0 aliphatic heterocycles. The number of nitrogens with two attached hydrogens (primary N) is 1. The number of halogens is 4. The maximum absolute atomic E-state index is 12.3. The van der Waals surface area contributed by atoms with Crippen LogP contribution in [0.25, 0.3) is 0 Å². The zero-order chi connectivity index (χ0) is 17.7. The Bertz CT molecular complexity index is 736. The molecule has 0 aliphatic carbocycles. The molecule has 0 saturated heterocycles. The van der Waals surface area contributed by atoms with Crippen molar-refractivity contribution in [2.75, 3.05) is 11.9 Å². The topological polar surface area (TPSA) is 64.3 Å². The van der Waals surface area contributed by atoms with Crippen LogP contribution in [-0.2, 0) is 6.54 Å². The number of hydrogen-bond donors (Lipinski definition) is 2. The van der Waals surface area contributed by atoms with Gasteiger partial charge in [0.25, 0.3) is 5.91 Å². The number of carbonyl (C=O) groups excluding carboxylic acids is 1. The maximum Gasteiger partial charge on any atom is 0.422 e. The predicted octanol–water partition coefficient (Wildman–Crippen LogP) is 3.99. The number of nitrogens with one attached hydrogen (secondary N) is 1. The van der Waals surface area contributed by atoms with E-state index in [1.165, 1.54) is 18.2 Å². The van der Waals surface area contributed by atoms with E-state index in [4.69, 9.17) is 22.1 Å². The van der Waals surface area contributed by atoms with E-state index in [-0.39, 0.29) is 16.3 Å². The number of rotatable bonds is 5. The van der Waals surface area contributed by atoms with Crippen LogP contribution in [0.1, 0.15) is 15.9 Å². The van der Waals surface area contributed by atoms with Crippen molar-refractivity contribution in [1.82, 2.24) is 0 Å². The van der Waals surface area contributed by atoms with Crippen molar-refractivity contribution in [3.8, 4) is 5.75 Å². The highest BCUT2D eigenvalue weighted by Crippen LogP contribution is 2.26. The van der Waals surface area contributed by atoms with Crippen molar-refractivity contribution in [2.24, 2.45) is 5.73 Å². The normalized spacial score (nSPS) is 11.2. The van der Waals surface area contributed by atoms with Crippen LogP contribution in [0.2, 0.25) is 5.02 Å². The van der Waals surface area contributed by atoms with Gasteiger partial charge in [0, 0.05) is 17.3 Å². The molecule has 1 amide bonds. The summed E-state index contributed by atoms with van der Waals surface area (Å²) < 4.78 is 41.7. The van der Waals surface area contributed by atoms with Crippen LogP contribution in [0.3, 0.4) is 0 Å². The van der Waals surface area contributed by atoms with Gasteiger partial charge in [-0.1, -0.05) is 23.7 Å². The molecule has 8 heteroatoms. The van der Waals surface area contributed by atoms with E-state index in [2.05, 4.69) is 5.32 Å². The van der Waals surface area contributed by atoms with E-state index in [0.717, 1.165) is 5.56 Å². The first kappa shape index (κ1) is 18.1. The monoisotopic (exact) mass is 358 g/mol. The molecule has 0 unspecified atom stereocenters. The molecule has 0 fully saturated rings. The number of benzene rings is 2. The van der Waals surface area contributed by atoms with E-state index in [9.17, 15) is 18.0 Å². The molecule has 24 heavy (non-hydrogen) atoms. The van der Waals surface area contributed by atoms with E-state index < -0.39 is 18.7 Å². The lowest BCUT2D eigenvalue weighted by Crippen LogP contribution is -2.21. The van der Waals surface area contributed by atoms with Gasteiger partial charge in [0.05, 0.1) is 5.56 Å². The quantitative estimate of drug-likeness (QED) is 0.849. The van der Waals surface area contributed by atoms with Crippen LogP contribution in [0.15, 0.2) is 42.5 Å². The minimum absolute atomic E-state index is 0.0927. The Labute approximate surface area is 141 Å². The summed E-state index contributed by atoms with van der Waals surface area (Å²) in [4.78, 5) is 12.3. The fraction of sp³-hybridized carbons (Fsp3) is 0.188. The number of alkyl halides is 3. The first-order valence-corrected chi connectivity index (χ1v) is 7.26. The lowest BCUT2D eigenvalue weighted by Gasteiger charge is -2.14. The third-order valence-electron chi connectivity index (χ3n) is 3.00. The van der Waals surface area contributed by atoms with Crippen LogP contribution in [0.5, 0.6) is 5.75 Å². The molecule has 0 saturated carbocycles. The van der Waals surface area contributed by atoms with Crippen molar-refractivity contribution in [2.45, 2.75) is 12.7 Å². The summed E-state index contributed by atoms with van der Waals surface area (Å²) in [6.45, 7) is -1.21. The summed E-state index contributed by atoms with van der Waals surface area (Å²) in [7, 11) is 0. The molecule has 0 aromatic heterocycles. The first-order chi connectivity index (χ1) is 11.3. The fourth-order valence-corrected chi connectivity index (χ4v) is 2.11. The first-order valence-electron chi connectivity index (χ1n) is 6.88. The molecular weight excluding hydrogens is 345 g/mol. The average Bonchev–Trinajstić information content (AvgIpc) is 2.53. The lowest BCUT2D eigenvalue weighted by molar-refractivity contribution is -0.153. The summed E-state index contributed by atoms with van der Waals surface area (Å²) in [6.07, 6.45) is -4.51. The molecule has 0 heterocycles. The molecular formula is C16H14ClF3N2O2. The van der Waals surface area contributed by atoms with Gasteiger partial charge in [-0.25, -0.2) is 0 Å². The van der Waals surface area contributed by atoms with Crippen molar-refractivity contribution < 1.29 is 22.7 Å². The molecule has 128 valence electrons. The lowest BCUT2D eigenvalue weighted by atomic mass is 10.1. The van der Waals surface area contributed by atoms with Crippen LogP contribution in [-0.4, -0.2) is 18.7 Å². The molecule has 0 radical (unpaired) electrons. The smallest absolute Gasteiger partial charge is 0.422 e. The summed E-state index contributed by atoms with van der Waals surface area (Å²) in [5, 5.41) is 2.79. The zero-order valence-electron chi connectivity index (χ0n) is 12.4. The second-order valence-corrected chi connectivity index (χ2v) is 5.34. The van der Waals surface area contributed by atoms with Gasteiger partial charge in [-0.15, -0.1) is 0 Å². The van der Waals surface area contributed by atoms with Crippen LogP contribution in [0, 0.1) is 0 Å². The van der Waals surface area contributed by atoms with Crippen molar-refractivity contribution in [1.29, 1.82) is 0 Å². The average molecular weight is 359 g/mol. The number of hydrogen-bond acceptors (Lipinski definition) is 3. The highest BCUT2D eigenvalue weighted by atomic mass is 35.5. The van der Waals surface area contributed by atoms with Crippen molar-refractivity contribution in [3.05, 3.63) is 58.6 Å². The SMILES string of the molecule is NCc1cccc(NC(=O)c2cc(Cl)ccc2OCC(F)(F)F)c1. The summed E-state index contributed by atoms with van der Waals surface area (Å²) in [6, 6.07) is 10.6. The van der Waals surface area contributed by atoms with Gasteiger partial charge in [-0.3, -0.25) is 4.79 Å². The van der Waals surface area contributed by atoms with E-state index in [1.54, 1.807) is 24.3 Å². The number of anilines is 1. The second kappa shape index (κ2) is 7.55. The minimum Gasteiger partial charge on any atom is -0.483 e. The third-order valence-corrected chi connectivity index (χ3v) is 3.23. The van der Waals surface area contributed by atoms with Crippen LogP contribution in [0.4, 0.5) is 18.9 Å². The number of amides is 1. The molecule has 2 aromatic carbocycles. The maximum atomic E-state index is 12.3. The summed E-state index contributed by atoms with van der Waals surface area (Å²) in [5.74, 6) is -0.840. The van der Waals surface area contributed by atoms with Crippen LogP contribution >= 0.6 is 11.6 Å². The van der Waals surface area contributed by atoms with Gasteiger partial charge in [0.1, 0.15) is 5.75 Å². The highest BCUT2D eigenvalue weighted by molar-refractivity contribution is 6.31. The highest BCUT2D eigenvalue weighted by Gasteiger charge is 2.29. The van der Waals surface area contributed by atoms with E-state index in [0.29, 0.717) is 12.2 Å². The third kappa shape index (κ3) is 5.14. The Morgan fingerprint density at radius 1 is 1.21 bits per heavy atom. The Hall–Kier alpha value is -2.25. The molecule has 0 aliphatic rings. The number of ether oxygens (including phenoxy) is 1. The standard InChI is InChI=1S/C16H14ClF3N2O2/c17-11-4-5-14(24-9-16(18,19)20)13(7-11)15(23)22-12-3-1-2-10(6-12)8-21/h1-7H,8-9,21H2,(H,22,23).